The van der Waals surface area contributed by atoms with Crippen LogP contribution in [0.25, 0.3) is 0 Å². The van der Waals surface area contributed by atoms with Gasteiger partial charge in [-0.15, -0.1) is 0 Å². The Labute approximate surface area is 136 Å². The van der Waals surface area contributed by atoms with Crippen LogP contribution in [0.5, 0.6) is 0 Å². The Hall–Kier alpha value is -1.63. The van der Waals surface area contributed by atoms with Gasteiger partial charge in [-0.25, -0.2) is 4.79 Å². The Morgan fingerprint density at radius 1 is 1.41 bits per heavy atom. The highest BCUT2D eigenvalue weighted by atomic mass is 32.1. The third kappa shape index (κ3) is 3.97. The maximum atomic E-state index is 12.1. The van der Waals surface area contributed by atoms with E-state index in [9.17, 15) is 4.79 Å². The highest BCUT2D eigenvalue weighted by Gasteiger charge is 2.23. The van der Waals surface area contributed by atoms with E-state index >= 15 is 0 Å². The molecule has 1 aromatic rings. The monoisotopic (exact) mass is 324 g/mol. The summed E-state index contributed by atoms with van der Waals surface area (Å²) < 4.78 is 6.72. The van der Waals surface area contributed by atoms with Crippen molar-refractivity contribution >= 4 is 29.1 Å². The first-order valence-electron chi connectivity index (χ1n) is 7.81. The molecule has 0 amide bonds. The summed E-state index contributed by atoms with van der Waals surface area (Å²) in [7, 11) is 1.78. The molecule has 0 aliphatic heterocycles. The molecule has 122 valence electrons. The van der Waals surface area contributed by atoms with E-state index in [1.54, 1.807) is 25.6 Å². The molecule has 1 heterocycles. The number of carbonyl (C=O) groups excluding carboxylic acids is 1. The molecule has 7 heteroatoms. The maximum absolute atomic E-state index is 12.1. The van der Waals surface area contributed by atoms with Gasteiger partial charge in [0.25, 0.3) is 0 Å². The van der Waals surface area contributed by atoms with E-state index in [1.165, 1.54) is 19.3 Å². The van der Waals surface area contributed by atoms with E-state index < -0.39 is 0 Å². The first-order chi connectivity index (χ1) is 10.5. The second-order valence-corrected chi connectivity index (χ2v) is 5.99. The normalized spacial score (nSPS) is 15.4. The summed E-state index contributed by atoms with van der Waals surface area (Å²) in [5.41, 5.74) is 1.07. The molecule has 0 unspecified atom stereocenters. The standard InChI is InChI=1S/C15H24N4O2S/c1-4-21-14(20)12-10(2)18-19(3)13(12)17-15(22)16-11-8-6-5-7-9-11/h11H,4-9H2,1-3H3,(H2,16,17,22). The van der Waals surface area contributed by atoms with Gasteiger partial charge in [0.1, 0.15) is 11.4 Å². The zero-order chi connectivity index (χ0) is 16.1. The summed E-state index contributed by atoms with van der Waals surface area (Å²) in [5.74, 6) is 0.195. The zero-order valence-corrected chi connectivity index (χ0v) is 14.3. The smallest absolute Gasteiger partial charge is 0.343 e. The van der Waals surface area contributed by atoms with Crippen LogP contribution in [0.1, 0.15) is 55.1 Å². The summed E-state index contributed by atoms with van der Waals surface area (Å²) >= 11 is 5.38. The molecule has 0 saturated heterocycles. The van der Waals surface area contributed by atoms with Gasteiger partial charge in [-0.05, 0) is 38.9 Å². The maximum Gasteiger partial charge on any atom is 0.343 e. The van der Waals surface area contributed by atoms with Crippen molar-refractivity contribution in [1.29, 1.82) is 0 Å². The fourth-order valence-corrected chi connectivity index (χ4v) is 3.09. The molecule has 22 heavy (non-hydrogen) atoms. The minimum atomic E-state index is -0.379. The van der Waals surface area contributed by atoms with Crippen molar-refractivity contribution in [3.63, 3.8) is 0 Å². The molecule has 6 nitrogen and oxygen atoms in total. The van der Waals surface area contributed by atoms with Gasteiger partial charge in [0.15, 0.2) is 5.11 Å². The number of rotatable bonds is 4. The van der Waals surface area contributed by atoms with Crippen molar-refractivity contribution in [3.05, 3.63) is 11.3 Å². The van der Waals surface area contributed by atoms with Crippen molar-refractivity contribution in [1.82, 2.24) is 15.1 Å². The first kappa shape index (κ1) is 16.7. The molecule has 2 rings (SSSR count). The molecule has 0 aromatic carbocycles. The van der Waals surface area contributed by atoms with Crippen molar-refractivity contribution < 1.29 is 9.53 Å². The number of nitrogens with zero attached hydrogens (tertiary/aromatic N) is 2. The molecule has 0 radical (unpaired) electrons. The van der Waals surface area contributed by atoms with Gasteiger partial charge in [0.05, 0.1) is 12.3 Å². The van der Waals surface area contributed by atoms with Crippen LogP contribution in [0.2, 0.25) is 0 Å². The fraction of sp³-hybridized carbons (Fsp3) is 0.667. The minimum absolute atomic E-state index is 0.331. The predicted molar refractivity (Wildman–Crippen MR) is 90.1 cm³/mol. The van der Waals surface area contributed by atoms with Crippen LogP contribution in [-0.4, -0.2) is 33.5 Å². The molecule has 1 aliphatic rings. The highest BCUT2D eigenvalue weighted by molar-refractivity contribution is 7.80. The average molecular weight is 324 g/mol. The summed E-state index contributed by atoms with van der Waals surface area (Å²) in [6.45, 7) is 3.90. The van der Waals surface area contributed by atoms with E-state index in [1.807, 2.05) is 0 Å². The number of ether oxygens (including phenoxy) is 1. The van der Waals surface area contributed by atoms with Crippen LogP contribution < -0.4 is 10.6 Å². The SMILES string of the molecule is CCOC(=O)c1c(C)nn(C)c1NC(=S)NC1CCCCC1. The van der Waals surface area contributed by atoms with Crippen LogP contribution in [-0.2, 0) is 11.8 Å². The summed E-state index contributed by atoms with van der Waals surface area (Å²) in [6.07, 6.45) is 6.04. The number of hydrogen-bond donors (Lipinski definition) is 2. The molecule has 1 fully saturated rings. The molecule has 1 aliphatic carbocycles. The minimum Gasteiger partial charge on any atom is -0.462 e. The summed E-state index contributed by atoms with van der Waals surface area (Å²) in [5, 5.41) is 11.2. The van der Waals surface area contributed by atoms with Gasteiger partial charge < -0.3 is 15.4 Å². The van der Waals surface area contributed by atoms with Gasteiger partial charge in [-0.3, -0.25) is 4.68 Å². The topological polar surface area (TPSA) is 68.2 Å². The van der Waals surface area contributed by atoms with Crippen LogP contribution in [0.3, 0.4) is 0 Å². The Kier molecular flexibility index (Phi) is 5.76. The van der Waals surface area contributed by atoms with Crippen LogP contribution in [0, 0.1) is 6.92 Å². The Morgan fingerprint density at radius 2 is 2.09 bits per heavy atom. The lowest BCUT2D eigenvalue weighted by atomic mass is 9.96. The molecule has 1 aromatic heterocycles. The number of thiocarbonyl (C=S) groups is 1. The van der Waals surface area contributed by atoms with Gasteiger partial charge in [0, 0.05) is 13.1 Å². The van der Waals surface area contributed by atoms with Crippen molar-refractivity contribution in [3.8, 4) is 0 Å². The third-order valence-corrected chi connectivity index (χ3v) is 4.09. The quantitative estimate of drug-likeness (QED) is 0.655. The van der Waals surface area contributed by atoms with Crippen molar-refractivity contribution in [2.24, 2.45) is 7.05 Å². The third-order valence-electron chi connectivity index (χ3n) is 3.87. The Bertz CT molecular complexity index is 550. The largest absolute Gasteiger partial charge is 0.462 e. The molecule has 1 saturated carbocycles. The van der Waals surface area contributed by atoms with Crippen molar-refractivity contribution in [2.45, 2.75) is 52.0 Å². The van der Waals surface area contributed by atoms with E-state index in [-0.39, 0.29) is 5.97 Å². The second-order valence-electron chi connectivity index (χ2n) is 5.59. The van der Waals surface area contributed by atoms with Gasteiger partial charge in [0.2, 0.25) is 0 Å². The number of aryl methyl sites for hydroxylation is 2. The zero-order valence-electron chi connectivity index (χ0n) is 13.4. The number of anilines is 1. The van der Waals surface area contributed by atoms with E-state index in [4.69, 9.17) is 17.0 Å². The summed E-state index contributed by atoms with van der Waals surface area (Å²) in [6, 6.07) is 0.411. The number of nitrogens with one attached hydrogen (secondary N) is 2. The first-order valence-corrected chi connectivity index (χ1v) is 8.22. The Balaban J connectivity index is 2.07. The number of esters is 1. The lowest BCUT2D eigenvalue weighted by Gasteiger charge is -2.24. The van der Waals surface area contributed by atoms with Gasteiger partial charge in [-0.1, -0.05) is 19.3 Å². The van der Waals surface area contributed by atoms with Gasteiger partial charge in [-0.2, -0.15) is 5.10 Å². The highest BCUT2D eigenvalue weighted by Crippen LogP contribution is 2.21. The lowest BCUT2D eigenvalue weighted by Crippen LogP contribution is -2.39. The van der Waals surface area contributed by atoms with Crippen molar-refractivity contribution in [2.75, 3.05) is 11.9 Å². The summed E-state index contributed by atoms with van der Waals surface area (Å²) in [4.78, 5) is 12.1. The second kappa shape index (κ2) is 7.58. The molecule has 0 spiro atoms. The molecular formula is C15H24N4O2S. The van der Waals surface area contributed by atoms with E-state index in [0.717, 1.165) is 12.8 Å². The van der Waals surface area contributed by atoms with E-state index in [0.29, 0.717) is 34.8 Å². The van der Waals surface area contributed by atoms with Crippen LogP contribution in [0.15, 0.2) is 0 Å². The van der Waals surface area contributed by atoms with Crippen LogP contribution >= 0.6 is 12.2 Å². The predicted octanol–water partition coefficient (Wildman–Crippen LogP) is 2.52. The number of carbonyl (C=O) groups is 1. The fourth-order valence-electron chi connectivity index (χ4n) is 2.83. The average Bonchev–Trinajstić information content (AvgIpc) is 2.74. The lowest BCUT2D eigenvalue weighted by molar-refractivity contribution is 0.0526. The van der Waals surface area contributed by atoms with Crippen LogP contribution in [0.4, 0.5) is 5.82 Å². The molecule has 0 bridgehead atoms. The Morgan fingerprint density at radius 3 is 2.73 bits per heavy atom. The number of hydrogen-bond acceptors (Lipinski definition) is 4. The molecule has 0 atom stereocenters. The van der Waals surface area contributed by atoms with E-state index in [2.05, 4.69) is 15.7 Å². The molecule has 2 N–H and O–H groups in total. The van der Waals surface area contributed by atoms with Gasteiger partial charge >= 0.3 is 5.97 Å². The number of aromatic nitrogens is 2. The molecular weight excluding hydrogens is 300 g/mol.